The van der Waals surface area contributed by atoms with Crippen LogP contribution in [-0.2, 0) is 4.74 Å². The molecular formula is C15H14O3. The Labute approximate surface area is 106 Å². The highest BCUT2D eigenvalue weighted by molar-refractivity contribution is 5.89. The third kappa shape index (κ3) is 2.57. The monoisotopic (exact) mass is 242 g/mol. The van der Waals surface area contributed by atoms with E-state index in [4.69, 9.17) is 9.47 Å². The van der Waals surface area contributed by atoms with Gasteiger partial charge in [-0.15, -0.1) is 0 Å². The summed E-state index contributed by atoms with van der Waals surface area (Å²) in [5.41, 5.74) is 2.39. The van der Waals surface area contributed by atoms with Crippen molar-refractivity contribution in [2.75, 3.05) is 13.9 Å². The van der Waals surface area contributed by atoms with Crippen LogP contribution in [0.5, 0.6) is 5.75 Å². The molecule has 0 saturated heterocycles. The summed E-state index contributed by atoms with van der Waals surface area (Å²) in [6, 6.07) is 15.0. The molecule has 3 heteroatoms. The number of carbonyl (C=O) groups is 1. The molecule has 0 bridgehead atoms. The summed E-state index contributed by atoms with van der Waals surface area (Å²) in [5, 5.41) is 0. The van der Waals surface area contributed by atoms with E-state index in [-0.39, 0.29) is 6.79 Å². The van der Waals surface area contributed by atoms with E-state index in [9.17, 15) is 4.79 Å². The van der Waals surface area contributed by atoms with Crippen LogP contribution in [-0.4, -0.2) is 20.2 Å². The quantitative estimate of drug-likeness (QED) is 0.597. The van der Waals surface area contributed by atoms with E-state index in [0.717, 1.165) is 17.4 Å². The minimum absolute atomic E-state index is 0.181. The minimum Gasteiger partial charge on any atom is -0.467 e. The predicted molar refractivity (Wildman–Crippen MR) is 69.8 cm³/mol. The Morgan fingerprint density at radius 2 is 1.67 bits per heavy atom. The standard InChI is InChI=1S/C15H14O3/c1-17-11-18-15-9-5-4-8-14(15)13-7-3-2-6-12(13)10-16/h2-10H,11H2,1H3. The van der Waals surface area contributed by atoms with Crippen molar-refractivity contribution in [1.82, 2.24) is 0 Å². The van der Waals surface area contributed by atoms with Crippen LogP contribution in [0.15, 0.2) is 48.5 Å². The maximum Gasteiger partial charge on any atom is 0.188 e. The van der Waals surface area contributed by atoms with E-state index in [1.165, 1.54) is 0 Å². The molecule has 0 N–H and O–H groups in total. The Balaban J connectivity index is 2.46. The highest BCUT2D eigenvalue weighted by Crippen LogP contribution is 2.31. The zero-order chi connectivity index (χ0) is 12.8. The van der Waals surface area contributed by atoms with Gasteiger partial charge in [-0.3, -0.25) is 4.79 Å². The smallest absolute Gasteiger partial charge is 0.188 e. The van der Waals surface area contributed by atoms with Crippen molar-refractivity contribution in [3.63, 3.8) is 0 Å². The Kier molecular flexibility index (Phi) is 4.10. The van der Waals surface area contributed by atoms with E-state index in [1.54, 1.807) is 13.2 Å². The predicted octanol–water partition coefficient (Wildman–Crippen LogP) is 3.15. The lowest BCUT2D eigenvalue weighted by Gasteiger charge is -2.12. The second-order valence-corrected chi connectivity index (χ2v) is 3.75. The molecule has 0 aliphatic carbocycles. The van der Waals surface area contributed by atoms with Gasteiger partial charge in [-0.25, -0.2) is 0 Å². The number of benzene rings is 2. The lowest BCUT2D eigenvalue weighted by molar-refractivity contribution is 0.0515. The van der Waals surface area contributed by atoms with Crippen LogP contribution in [0.25, 0.3) is 11.1 Å². The third-order valence-electron chi connectivity index (χ3n) is 2.60. The number of aldehydes is 1. The normalized spacial score (nSPS) is 10.1. The molecule has 3 nitrogen and oxygen atoms in total. The second kappa shape index (κ2) is 5.98. The van der Waals surface area contributed by atoms with E-state index in [0.29, 0.717) is 11.3 Å². The van der Waals surface area contributed by atoms with Crippen LogP contribution in [0.2, 0.25) is 0 Å². The first-order valence-corrected chi connectivity index (χ1v) is 5.62. The Hall–Kier alpha value is -2.13. The van der Waals surface area contributed by atoms with Crippen LogP contribution >= 0.6 is 0 Å². The highest BCUT2D eigenvalue weighted by Gasteiger charge is 2.09. The summed E-state index contributed by atoms with van der Waals surface area (Å²) in [4.78, 5) is 11.1. The molecule has 18 heavy (non-hydrogen) atoms. The molecule has 2 aromatic rings. The van der Waals surface area contributed by atoms with Crippen molar-refractivity contribution in [2.45, 2.75) is 0 Å². The average Bonchev–Trinajstić information content (AvgIpc) is 2.45. The van der Waals surface area contributed by atoms with E-state index < -0.39 is 0 Å². The molecule has 0 aliphatic heterocycles. The van der Waals surface area contributed by atoms with Gasteiger partial charge in [0.25, 0.3) is 0 Å². The van der Waals surface area contributed by atoms with E-state index in [1.807, 2.05) is 42.5 Å². The molecule has 0 fully saturated rings. The van der Waals surface area contributed by atoms with Gasteiger partial charge in [-0.2, -0.15) is 0 Å². The summed E-state index contributed by atoms with van der Waals surface area (Å²) < 4.78 is 10.4. The van der Waals surface area contributed by atoms with Crippen molar-refractivity contribution < 1.29 is 14.3 Å². The zero-order valence-corrected chi connectivity index (χ0v) is 10.1. The van der Waals surface area contributed by atoms with Crippen LogP contribution < -0.4 is 4.74 Å². The number of ether oxygens (including phenoxy) is 2. The first kappa shape index (κ1) is 12.3. The van der Waals surface area contributed by atoms with Gasteiger partial charge in [0, 0.05) is 18.2 Å². The Morgan fingerprint density at radius 1 is 1.00 bits per heavy atom. The van der Waals surface area contributed by atoms with Crippen molar-refractivity contribution in [1.29, 1.82) is 0 Å². The average molecular weight is 242 g/mol. The molecule has 92 valence electrons. The number of hydrogen-bond acceptors (Lipinski definition) is 3. The molecule has 2 rings (SSSR count). The van der Waals surface area contributed by atoms with E-state index >= 15 is 0 Å². The van der Waals surface area contributed by atoms with Gasteiger partial charge in [0.2, 0.25) is 0 Å². The van der Waals surface area contributed by atoms with Crippen molar-refractivity contribution in [2.24, 2.45) is 0 Å². The minimum atomic E-state index is 0.181. The summed E-state index contributed by atoms with van der Waals surface area (Å²) in [5.74, 6) is 0.702. The first-order valence-electron chi connectivity index (χ1n) is 5.62. The molecule has 0 saturated carbocycles. The Bertz CT molecular complexity index is 535. The summed E-state index contributed by atoms with van der Waals surface area (Å²) >= 11 is 0. The van der Waals surface area contributed by atoms with Crippen molar-refractivity contribution in [3.05, 3.63) is 54.1 Å². The van der Waals surface area contributed by atoms with Gasteiger partial charge >= 0.3 is 0 Å². The second-order valence-electron chi connectivity index (χ2n) is 3.75. The number of hydrogen-bond donors (Lipinski definition) is 0. The fourth-order valence-corrected chi connectivity index (χ4v) is 1.78. The molecule has 2 aromatic carbocycles. The van der Waals surface area contributed by atoms with Gasteiger partial charge in [0.1, 0.15) is 5.75 Å². The molecule has 0 spiro atoms. The molecule has 0 atom stereocenters. The maximum absolute atomic E-state index is 11.1. The summed E-state index contributed by atoms with van der Waals surface area (Å²) in [7, 11) is 1.57. The molecule has 0 aliphatic rings. The van der Waals surface area contributed by atoms with Crippen LogP contribution in [0.3, 0.4) is 0 Å². The van der Waals surface area contributed by atoms with Gasteiger partial charge < -0.3 is 9.47 Å². The fraction of sp³-hybridized carbons (Fsp3) is 0.133. The number of carbonyl (C=O) groups excluding carboxylic acids is 1. The number of methoxy groups -OCH3 is 1. The number of para-hydroxylation sites is 1. The lowest BCUT2D eigenvalue weighted by Crippen LogP contribution is -2.00. The molecule has 0 aromatic heterocycles. The largest absolute Gasteiger partial charge is 0.467 e. The summed E-state index contributed by atoms with van der Waals surface area (Å²) in [6.07, 6.45) is 0.850. The van der Waals surface area contributed by atoms with Crippen LogP contribution in [0.1, 0.15) is 10.4 Å². The molecule has 0 amide bonds. The van der Waals surface area contributed by atoms with Gasteiger partial charge in [-0.1, -0.05) is 42.5 Å². The highest BCUT2D eigenvalue weighted by atomic mass is 16.7. The van der Waals surface area contributed by atoms with E-state index in [2.05, 4.69) is 0 Å². The zero-order valence-electron chi connectivity index (χ0n) is 10.1. The molecular weight excluding hydrogens is 228 g/mol. The maximum atomic E-state index is 11.1. The van der Waals surface area contributed by atoms with Crippen LogP contribution in [0.4, 0.5) is 0 Å². The SMILES string of the molecule is COCOc1ccccc1-c1ccccc1C=O. The van der Waals surface area contributed by atoms with Crippen LogP contribution in [0, 0.1) is 0 Å². The van der Waals surface area contributed by atoms with Gasteiger partial charge in [0.15, 0.2) is 13.1 Å². The molecule has 0 heterocycles. The molecule has 0 radical (unpaired) electrons. The lowest BCUT2D eigenvalue weighted by atomic mass is 10.00. The van der Waals surface area contributed by atoms with Gasteiger partial charge in [0.05, 0.1) is 0 Å². The van der Waals surface area contributed by atoms with Gasteiger partial charge in [-0.05, 0) is 11.6 Å². The van der Waals surface area contributed by atoms with Crippen molar-refractivity contribution >= 4 is 6.29 Å². The topological polar surface area (TPSA) is 35.5 Å². The summed E-state index contributed by atoms with van der Waals surface area (Å²) in [6.45, 7) is 0.181. The number of rotatable bonds is 5. The fourth-order valence-electron chi connectivity index (χ4n) is 1.78. The van der Waals surface area contributed by atoms with Crippen molar-refractivity contribution in [3.8, 4) is 16.9 Å². The first-order chi connectivity index (χ1) is 8.86. The third-order valence-corrected chi connectivity index (χ3v) is 2.60. The Morgan fingerprint density at radius 3 is 2.39 bits per heavy atom. The molecule has 0 unspecified atom stereocenters.